The van der Waals surface area contributed by atoms with E-state index in [0.29, 0.717) is 37.5 Å². The fourth-order valence-corrected chi connectivity index (χ4v) is 2.90. The van der Waals surface area contributed by atoms with Gasteiger partial charge in [-0.05, 0) is 43.2 Å². The largest absolute Gasteiger partial charge is 0.349 e. The van der Waals surface area contributed by atoms with Crippen molar-refractivity contribution in [1.82, 2.24) is 30.4 Å². The third kappa shape index (κ3) is 4.22. The molecule has 8 heteroatoms. The van der Waals surface area contributed by atoms with E-state index in [1.54, 1.807) is 12.4 Å². The number of rotatable bonds is 7. The van der Waals surface area contributed by atoms with Crippen molar-refractivity contribution in [3.63, 3.8) is 0 Å². The molecule has 0 aliphatic carbocycles. The normalized spacial score (nSPS) is 11.0. The van der Waals surface area contributed by atoms with Crippen molar-refractivity contribution in [2.75, 3.05) is 0 Å². The molecule has 3 aromatic heterocycles. The Morgan fingerprint density at radius 2 is 2.18 bits per heavy atom. The molecule has 0 spiro atoms. The Hall–Kier alpha value is -3.55. The summed E-state index contributed by atoms with van der Waals surface area (Å²) in [5.74, 6) is 1.72. The molecule has 0 fully saturated rings. The molecular formula is C20H20N6O2. The maximum Gasteiger partial charge on any atom is 0.226 e. The molecule has 0 aliphatic rings. The standard InChI is InChI=1S/C20H20N6O2/c1-13-7-8-15-16(10-13)24-17(23-15)12-22-18(27)5-2-6-19-25-20(26-28-19)14-4-3-9-21-11-14/h3-4,7-11H,2,5-6,12H2,1H3,(H,22,27)(H,23,24). The monoisotopic (exact) mass is 376 g/mol. The maximum atomic E-state index is 12.1. The second kappa shape index (κ2) is 7.99. The minimum Gasteiger partial charge on any atom is -0.349 e. The molecule has 4 rings (SSSR count). The van der Waals surface area contributed by atoms with Gasteiger partial charge in [-0.25, -0.2) is 4.98 Å². The zero-order valence-electron chi connectivity index (χ0n) is 15.5. The molecule has 0 radical (unpaired) electrons. The number of hydrogen-bond acceptors (Lipinski definition) is 6. The van der Waals surface area contributed by atoms with E-state index in [1.807, 2.05) is 37.3 Å². The first-order valence-corrected chi connectivity index (χ1v) is 9.12. The van der Waals surface area contributed by atoms with Crippen molar-refractivity contribution in [3.8, 4) is 11.4 Å². The summed E-state index contributed by atoms with van der Waals surface area (Å²) in [6, 6.07) is 9.71. The fourth-order valence-electron chi connectivity index (χ4n) is 2.90. The molecule has 0 atom stereocenters. The zero-order chi connectivity index (χ0) is 19.3. The Labute approximate surface area is 161 Å². The van der Waals surface area contributed by atoms with E-state index in [4.69, 9.17) is 4.52 Å². The Bertz CT molecular complexity index is 1090. The van der Waals surface area contributed by atoms with Crippen LogP contribution in [0.15, 0.2) is 47.2 Å². The lowest BCUT2D eigenvalue weighted by Crippen LogP contribution is -2.23. The van der Waals surface area contributed by atoms with Gasteiger partial charge in [-0.2, -0.15) is 4.98 Å². The summed E-state index contributed by atoms with van der Waals surface area (Å²) >= 11 is 0. The molecule has 1 amide bonds. The lowest BCUT2D eigenvalue weighted by atomic mass is 10.2. The van der Waals surface area contributed by atoms with Crippen molar-refractivity contribution >= 4 is 16.9 Å². The summed E-state index contributed by atoms with van der Waals surface area (Å²) in [7, 11) is 0. The number of H-pyrrole nitrogens is 1. The number of imidazole rings is 1. The van der Waals surface area contributed by atoms with E-state index >= 15 is 0 Å². The highest BCUT2D eigenvalue weighted by Crippen LogP contribution is 2.15. The van der Waals surface area contributed by atoms with Crippen LogP contribution in [0.5, 0.6) is 0 Å². The van der Waals surface area contributed by atoms with Gasteiger partial charge < -0.3 is 14.8 Å². The van der Waals surface area contributed by atoms with Gasteiger partial charge in [-0.15, -0.1) is 0 Å². The number of pyridine rings is 1. The van der Waals surface area contributed by atoms with E-state index in [9.17, 15) is 4.79 Å². The molecule has 0 unspecified atom stereocenters. The topological polar surface area (TPSA) is 110 Å². The molecule has 0 saturated heterocycles. The van der Waals surface area contributed by atoms with Crippen molar-refractivity contribution in [3.05, 3.63) is 60.0 Å². The number of carbonyl (C=O) groups excluding carboxylic acids is 1. The quantitative estimate of drug-likeness (QED) is 0.513. The van der Waals surface area contributed by atoms with Crippen LogP contribution in [0.4, 0.5) is 0 Å². The maximum absolute atomic E-state index is 12.1. The van der Waals surface area contributed by atoms with Crippen LogP contribution in [0.25, 0.3) is 22.4 Å². The third-order valence-corrected chi connectivity index (χ3v) is 4.32. The van der Waals surface area contributed by atoms with Crippen LogP contribution in [-0.2, 0) is 17.8 Å². The summed E-state index contributed by atoms with van der Waals surface area (Å²) < 4.78 is 5.24. The SMILES string of the molecule is Cc1ccc2nc(CNC(=O)CCCc3nc(-c4cccnc4)no3)[nH]c2c1. The third-order valence-electron chi connectivity index (χ3n) is 4.32. The van der Waals surface area contributed by atoms with Gasteiger partial charge in [0.2, 0.25) is 17.6 Å². The van der Waals surface area contributed by atoms with Crippen LogP contribution < -0.4 is 5.32 Å². The van der Waals surface area contributed by atoms with Crippen LogP contribution in [0.3, 0.4) is 0 Å². The number of aryl methyl sites for hydroxylation is 2. The predicted octanol–water partition coefficient (Wildman–Crippen LogP) is 2.96. The van der Waals surface area contributed by atoms with Gasteiger partial charge in [-0.3, -0.25) is 9.78 Å². The smallest absolute Gasteiger partial charge is 0.226 e. The number of nitrogens with zero attached hydrogens (tertiary/aromatic N) is 4. The van der Waals surface area contributed by atoms with Crippen LogP contribution in [0.1, 0.15) is 30.1 Å². The molecular weight excluding hydrogens is 356 g/mol. The molecule has 2 N–H and O–H groups in total. The first-order valence-electron chi connectivity index (χ1n) is 9.12. The Morgan fingerprint density at radius 1 is 1.25 bits per heavy atom. The van der Waals surface area contributed by atoms with Gasteiger partial charge in [0.25, 0.3) is 0 Å². The summed E-state index contributed by atoms with van der Waals surface area (Å²) in [5, 5.41) is 6.83. The van der Waals surface area contributed by atoms with Gasteiger partial charge in [-0.1, -0.05) is 11.2 Å². The van der Waals surface area contributed by atoms with E-state index in [0.717, 1.165) is 22.4 Å². The number of nitrogens with one attached hydrogen (secondary N) is 2. The molecule has 28 heavy (non-hydrogen) atoms. The number of hydrogen-bond donors (Lipinski definition) is 2. The van der Waals surface area contributed by atoms with Gasteiger partial charge in [0, 0.05) is 30.8 Å². The lowest BCUT2D eigenvalue weighted by Gasteiger charge is -2.02. The first kappa shape index (κ1) is 17.8. The van der Waals surface area contributed by atoms with Crippen LogP contribution in [0.2, 0.25) is 0 Å². The van der Waals surface area contributed by atoms with Crippen molar-refractivity contribution in [2.45, 2.75) is 32.7 Å². The highest BCUT2D eigenvalue weighted by Gasteiger charge is 2.10. The van der Waals surface area contributed by atoms with Gasteiger partial charge in [0.15, 0.2) is 0 Å². The van der Waals surface area contributed by atoms with Crippen molar-refractivity contribution < 1.29 is 9.32 Å². The first-order chi connectivity index (χ1) is 13.7. The number of carbonyl (C=O) groups is 1. The Morgan fingerprint density at radius 3 is 3.04 bits per heavy atom. The molecule has 0 bridgehead atoms. The zero-order valence-corrected chi connectivity index (χ0v) is 15.5. The number of aromatic nitrogens is 5. The average molecular weight is 376 g/mol. The van der Waals surface area contributed by atoms with Crippen molar-refractivity contribution in [1.29, 1.82) is 0 Å². The highest BCUT2D eigenvalue weighted by molar-refractivity contribution is 5.77. The Balaban J connectivity index is 1.24. The number of fused-ring (bicyclic) bond motifs is 1. The second-order valence-corrected chi connectivity index (χ2v) is 6.59. The van der Waals surface area contributed by atoms with E-state index in [1.165, 1.54) is 5.56 Å². The van der Waals surface area contributed by atoms with Gasteiger partial charge in [0.1, 0.15) is 5.82 Å². The van der Waals surface area contributed by atoms with Crippen LogP contribution in [0, 0.1) is 6.92 Å². The van der Waals surface area contributed by atoms with E-state index in [-0.39, 0.29) is 5.91 Å². The number of amides is 1. The minimum absolute atomic E-state index is 0.0383. The summed E-state index contributed by atoms with van der Waals surface area (Å²) in [5.41, 5.74) is 3.84. The molecule has 4 aromatic rings. The number of aromatic amines is 1. The summed E-state index contributed by atoms with van der Waals surface area (Å²) in [6.07, 6.45) is 4.92. The van der Waals surface area contributed by atoms with Gasteiger partial charge in [0.05, 0.1) is 17.6 Å². The highest BCUT2D eigenvalue weighted by atomic mass is 16.5. The molecule has 3 heterocycles. The van der Waals surface area contributed by atoms with Gasteiger partial charge >= 0.3 is 0 Å². The summed E-state index contributed by atoms with van der Waals surface area (Å²) in [6.45, 7) is 2.41. The predicted molar refractivity (Wildman–Crippen MR) is 103 cm³/mol. The molecule has 8 nitrogen and oxygen atoms in total. The minimum atomic E-state index is -0.0383. The lowest BCUT2D eigenvalue weighted by molar-refractivity contribution is -0.121. The molecule has 0 aliphatic heterocycles. The van der Waals surface area contributed by atoms with E-state index < -0.39 is 0 Å². The number of benzene rings is 1. The molecule has 1 aromatic carbocycles. The summed E-state index contributed by atoms with van der Waals surface area (Å²) in [4.78, 5) is 28.2. The molecule has 0 saturated carbocycles. The van der Waals surface area contributed by atoms with Crippen LogP contribution in [-0.4, -0.2) is 31.0 Å². The Kier molecular flexibility index (Phi) is 5.09. The molecule has 142 valence electrons. The van der Waals surface area contributed by atoms with Crippen molar-refractivity contribution in [2.24, 2.45) is 0 Å². The van der Waals surface area contributed by atoms with Crippen LogP contribution >= 0.6 is 0 Å². The van der Waals surface area contributed by atoms with E-state index in [2.05, 4.69) is 30.4 Å². The fraction of sp³-hybridized carbons (Fsp3) is 0.250. The second-order valence-electron chi connectivity index (χ2n) is 6.59. The average Bonchev–Trinajstić information content (AvgIpc) is 3.33.